The lowest BCUT2D eigenvalue weighted by molar-refractivity contribution is 0.102. The molecule has 2 aromatic heterocycles. The Labute approximate surface area is 195 Å². The molecule has 1 aliphatic rings. The van der Waals surface area contributed by atoms with Crippen LogP contribution >= 0.6 is 0 Å². The SMILES string of the molecule is CCOc1cccc2cc(-c3nnc(NC(=O)c4ccc(S(=O)(=O)N5CCCC5)cc4)o3)oc12. The standard InChI is InChI=1S/C23H22N4O6S/c1-2-31-18-7-5-6-16-14-19(32-20(16)18)22-25-26-23(33-22)24-21(28)15-8-10-17(11-9-15)34(29,30)27-12-3-4-13-27/h5-11,14H,2-4,12-13H2,1H3,(H,24,26,28). The summed E-state index contributed by atoms with van der Waals surface area (Å²) in [6.45, 7) is 3.41. The van der Waals surface area contributed by atoms with Gasteiger partial charge in [0.25, 0.3) is 11.8 Å². The molecule has 2 aromatic carbocycles. The number of carbonyl (C=O) groups is 1. The molecule has 176 valence electrons. The number of hydrogen-bond acceptors (Lipinski definition) is 8. The van der Waals surface area contributed by atoms with Gasteiger partial charge < -0.3 is 13.6 Å². The summed E-state index contributed by atoms with van der Waals surface area (Å²) >= 11 is 0. The number of carbonyl (C=O) groups excluding carboxylic acids is 1. The maximum atomic E-state index is 12.6. The number of fused-ring (bicyclic) bond motifs is 1. The molecule has 4 aromatic rings. The Bertz CT molecular complexity index is 1440. The monoisotopic (exact) mass is 482 g/mol. The van der Waals surface area contributed by atoms with Crippen LogP contribution in [-0.4, -0.2) is 48.5 Å². The number of hydrogen-bond donors (Lipinski definition) is 1. The smallest absolute Gasteiger partial charge is 0.322 e. The summed E-state index contributed by atoms with van der Waals surface area (Å²) < 4.78 is 43.7. The Morgan fingerprint density at radius 1 is 1.09 bits per heavy atom. The number of sulfonamides is 1. The van der Waals surface area contributed by atoms with Crippen LogP contribution in [0.25, 0.3) is 22.6 Å². The van der Waals surface area contributed by atoms with Crippen molar-refractivity contribution in [1.29, 1.82) is 0 Å². The number of nitrogens with zero attached hydrogens (tertiary/aromatic N) is 3. The highest BCUT2D eigenvalue weighted by molar-refractivity contribution is 7.89. The summed E-state index contributed by atoms with van der Waals surface area (Å²) in [5.41, 5.74) is 0.817. The van der Waals surface area contributed by atoms with Crippen LogP contribution in [0.3, 0.4) is 0 Å². The lowest BCUT2D eigenvalue weighted by Gasteiger charge is -2.15. The van der Waals surface area contributed by atoms with Gasteiger partial charge in [0.2, 0.25) is 10.0 Å². The third kappa shape index (κ3) is 4.15. The van der Waals surface area contributed by atoms with Gasteiger partial charge in [0.05, 0.1) is 11.5 Å². The van der Waals surface area contributed by atoms with Crippen molar-refractivity contribution < 1.29 is 26.8 Å². The van der Waals surface area contributed by atoms with Crippen molar-refractivity contribution in [3.8, 4) is 17.4 Å². The highest BCUT2D eigenvalue weighted by atomic mass is 32.2. The molecule has 34 heavy (non-hydrogen) atoms. The van der Waals surface area contributed by atoms with E-state index in [0.29, 0.717) is 36.8 Å². The molecule has 1 saturated heterocycles. The van der Waals surface area contributed by atoms with E-state index in [0.717, 1.165) is 18.2 Å². The number of rotatable bonds is 7. The number of anilines is 1. The quantitative estimate of drug-likeness (QED) is 0.420. The number of amides is 1. The van der Waals surface area contributed by atoms with Gasteiger partial charge in [-0.15, -0.1) is 5.10 Å². The van der Waals surface area contributed by atoms with Crippen molar-refractivity contribution >= 4 is 32.9 Å². The fourth-order valence-electron chi connectivity index (χ4n) is 3.81. The first kappa shape index (κ1) is 22.1. The highest BCUT2D eigenvalue weighted by Gasteiger charge is 2.27. The van der Waals surface area contributed by atoms with Crippen molar-refractivity contribution in [2.24, 2.45) is 0 Å². The summed E-state index contributed by atoms with van der Waals surface area (Å²) in [5, 5.41) is 11.1. The van der Waals surface area contributed by atoms with E-state index in [9.17, 15) is 13.2 Å². The van der Waals surface area contributed by atoms with Gasteiger partial charge in [-0.05, 0) is 56.2 Å². The lowest BCUT2D eigenvalue weighted by atomic mass is 10.2. The normalized spacial score (nSPS) is 14.5. The predicted octanol–water partition coefficient (Wildman–Crippen LogP) is 3.92. The largest absolute Gasteiger partial charge is 0.490 e. The molecule has 1 fully saturated rings. The summed E-state index contributed by atoms with van der Waals surface area (Å²) in [4.78, 5) is 12.8. The highest BCUT2D eigenvalue weighted by Crippen LogP contribution is 2.33. The van der Waals surface area contributed by atoms with Crippen LogP contribution in [0, 0.1) is 0 Å². The van der Waals surface area contributed by atoms with Gasteiger partial charge in [-0.25, -0.2) is 8.42 Å². The third-order valence-electron chi connectivity index (χ3n) is 5.48. The van der Waals surface area contributed by atoms with Crippen molar-refractivity contribution in [2.45, 2.75) is 24.7 Å². The van der Waals surface area contributed by atoms with Gasteiger partial charge in [-0.3, -0.25) is 10.1 Å². The minimum absolute atomic E-state index is 0.0982. The molecule has 1 amide bonds. The Hall–Kier alpha value is -3.70. The van der Waals surface area contributed by atoms with E-state index in [-0.39, 0.29) is 22.4 Å². The molecule has 5 rings (SSSR count). The molecule has 0 atom stereocenters. The molecule has 0 aliphatic carbocycles. The summed E-state index contributed by atoms with van der Waals surface area (Å²) in [7, 11) is -3.54. The second-order valence-electron chi connectivity index (χ2n) is 7.72. The first-order valence-corrected chi connectivity index (χ1v) is 12.3. The second-order valence-corrected chi connectivity index (χ2v) is 9.66. The number of para-hydroxylation sites is 1. The van der Waals surface area contributed by atoms with Gasteiger partial charge in [-0.2, -0.15) is 4.31 Å². The molecule has 0 saturated carbocycles. The number of furan rings is 1. The van der Waals surface area contributed by atoms with Gasteiger partial charge >= 0.3 is 6.01 Å². The minimum Gasteiger partial charge on any atom is -0.490 e. The van der Waals surface area contributed by atoms with Crippen LogP contribution in [0.2, 0.25) is 0 Å². The Kier molecular flexibility index (Phi) is 5.80. The van der Waals surface area contributed by atoms with Crippen LogP contribution in [0.1, 0.15) is 30.1 Å². The lowest BCUT2D eigenvalue weighted by Crippen LogP contribution is -2.27. The fourth-order valence-corrected chi connectivity index (χ4v) is 5.33. The molecule has 0 radical (unpaired) electrons. The van der Waals surface area contributed by atoms with Crippen molar-refractivity contribution in [3.63, 3.8) is 0 Å². The molecule has 0 bridgehead atoms. The van der Waals surface area contributed by atoms with Crippen LogP contribution in [0.4, 0.5) is 6.01 Å². The Morgan fingerprint density at radius 3 is 2.59 bits per heavy atom. The Balaban J connectivity index is 1.31. The number of nitrogens with one attached hydrogen (secondary N) is 1. The third-order valence-corrected chi connectivity index (χ3v) is 7.40. The molecule has 0 unspecified atom stereocenters. The van der Waals surface area contributed by atoms with E-state index >= 15 is 0 Å². The van der Waals surface area contributed by atoms with Gasteiger partial charge in [-0.1, -0.05) is 17.2 Å². The zero-order valence-electron chi connectivity index (χ0n) is 18.4. The topological polar surface area (TPSA) is 128 Å². The molecule has 0 spiro atoms. The fraction of sp³-hybridized carbons (Fsp3) is 0.261. The molecule has 1 N–H and O–H groups in total. The van der Waals surface area contributed by atoms with E-state index in [4.69, 9.17) is 13.6 Å². The maximum Gasteiger partial charge on any atom is 0.322 e. The van der Waals surface area contributed by atoms with E-state index in [1.165, 1.54) is 28.6 Å². The molecule has 10 nitrogen and oxygen atoms in total. The summed E-state index contributed by atoms with van der Waals surface area (Å²) in [6, 6.07) is 12.9. The average Bonchev–Trinajstić information content (AvgIpc) is 3.60. The van der Waals surface area contributed by atoms with Crippen molar-refractivity contribution in [1.82, 2.24) is 14.5 Å². The predicted molar refractivity (Wildman–Crippen MR) is 123 cm³/mol. The van der Waals surface area contributed by atoms with E-state index in [1.54, 1.807) is 12.1 Å². The van der Waals surface area contributed by atoms with E-state index in [2.05, 4.69) is 15.5 Å². The second kappa shape index (κ2) is 8.92. The van der Waals surface area contributed by atoms with Gasteiger partial charge in [0.1, 0.15) is 0 Å². The van der Waals surface area contributed by atoms with Gasteiger partial charge in [0, 0.05) is 24.0 Å². The first-order chi connectivity index (χ1) is 16.5. The van der Waals surface area contributed by atoms with Crippen LogP contribution in [0.5, 0.6) is 5.75 Å². The van der Waals surface area contributed by atoms with Gasteiger partial charge in [0.15, 0.2) is 17.1 Å². The first-order valence-electron chi connectivity index (χ1n) is 10.9. The Morgan fingerprint density at radius 2 is 1.85 bits per heavy atom. The summed E-state index contributed by atoms with van der Waals surface area (Å²) in [6.07, 6.45) is 1.71. The van der Waals surface area contributed by atoms with Crippen molar-refractivity contribution in [3.05, 3.63) is 54.1 Å². The zero-order valence-corrected chi connectivity index (χ0v) is 19.2. The van der Waals surface area contributed by atoms with E-state index < -0.39 is 15.9 Å². The van der Waals surface area contributed by atoms with Crippen LogP contribution in [0.15, 0.2) is 62.3 Å². The molecule has 1 aliphatic heterocycles. The molecule has 3 heterocycles. The van der Waals surface area contributed by atoms with Crippen molar-refractivity contribution in [2.75, 3.05) is 25.0 Å². The number of aromatic nitrogens is 2. The van der Waals surface area contributed by atoms with Crippen LogP contribution < -0.4 is 10.1 Å². The molecular weight excluding hydrogens is 460 g/mol. The number of benzene rings is 2. The minimum atomic E-state index is -3.54. The zero-order chi connectivity index (χ0) is 23.7. The summed E-state index contributed by atoms with van der Waals surface area (Å²) in [5.74, 6) is 0.533. The average molecular weight is 483 g/mol. The van der Waals surface area contributed by atoms with Crippen LogP contribution in [-0.2, 0) is 10.0 Å². The van der Waals surface area contributed by atoms with E-state index in [1.807, 2.05) is 19.1 Å². The molecular formula is C23H22N4O6S. The maximum absolute atomic E-state index is 12.6. The molecule has 11 heteroatoms. The number of ether oxygens (including phenoxy) is 1.